The molecule has 0 aromatic carbocycles. The van der Waals surface area contributed by atoms with Gasteiger partial charge in [0, 0.05) is 11.6 Å². The first-order valence-electron chi connectivity index (χ1n) is 5.66. The summed E-state index contributed by atoms with van der Waals surface area (Å²) < 4.78 is 5.20. The molecule has 4 nitrogen and oxygen atoms in total. The van der Waals surface area contributed by atoms with Crippen molar-refractivity contribution in [3.8, 4) is 0 Å². The fourth-order valence-electron chi connectivity index (χ4n) is 2.16. The lowest BCUT2D eigenvalue weighted by Gasteiger charge is -2.28. The Morgan fingerprint density at radius 1 is 1.40 bits per heavy atom. The average molecular weight is 212 g/mol. The summed E-state index contributed by atoms with van der Waals surface area (Å²) >= 11 is 0. The van der Waals surface area contributed by atoms with E-state index in [1.165, 1.54) is 12.8 Å². The lowest BCUT2D eigenvalue weighted by Crippen LogP contribution is -2.50. The van der Waals surface area contributed by atoms with Crippen molar-refractivity contribution in [1.82, 2.24) is 5.32 Å². The Balaban J connectivity index is 1.90. The van der Waals surface area contributed by atoms with Crippen LogP contribution in [0.15, 0.2) is 0 Å². The fourth-order valence-corrected chi connectivity index (χ4v) is 2.16. The van der Waals surface area contributed by atoms with Gasteiger partial charge in [-0.3, -0.25) is 4.79 Å². The number of carbonyl (C=O) groups excluding carboxylic acids is 1. The highest BCUT2D eigenvalue weighted by atomic mass is 16.5. The molecular weight excluding hydrogens is 192 g/mol. The Morgan fingerprint density at radius 3 is 2.53 bits per heavy atom. The molecule has 0 aromatic heterocycles. The average Bonchev–Trinajstić information content (AvgIpc) is 2.89. The highest BCUT2D eigenvalue weighted by molar-refractivity contribution is 5.80. The van der Waals surface area contributed by atoms with Gasteiger partial charge in [0.05, 0.1) is 19.1 Å². The molecule has 1 saturated heterocycles. The zero-order chi connectivity index (χ0) is 11.1. The van der Waals surface area contributed by atoms with E-state index >= 15 is 0 Å². The monoisotopic (exact) mass is 212 g/mol. The van der Waals surface area contributed by atoms with Crippen LogP contribution >= 0.6 is 0 Å². The number of hydrogen-bond acceptors (Lipinski definition) is 3. The van der Waals surface area contributed by atoms with E-state index in [1.807, 2.05) is 0 Å². The van der Waals surface area contributed by atoms with Gasteiger partial charge in [0.15, 0.2) is 0 Å². The number of nitrogens with one attached hydrogen (secondary N) is 1. The highest BCUT2D eigenvalue weighted by Gasteiger charge is 2.41. The van der Waals surface area contributed by atoms with Crippen LogP contribution in [-0.2, 0) is 9.53 Å². The van der Waals surface area contributed by atoms with Crippen molar-refractivity contribution in [2.45, 2.75) is 38.3 Å². The van der Waals surface area contributed by atoms with E-state index in [4.69, 9.17) is 10.5 Å². The molecule has 15 heavy (non-hydrogen) atoms. The summed E-state index contributed by atoms with van der Waals surface area (Å²) in [5.74, 6) is 0.528. The first-order chi connectivity index (χ1) is 7.00. The van der Waals surface area contributed by atoms with E-state index in [2.05, 4.69) is 19.2 Å². The topological polar surface area (TPSA) is 64.3 Å². The molecule has 2 unspecified atom stereocenters. The highest BCUT2D eigenvalue weighted by Crippen LogP contribution is 2.39. The van der Waals surface area contributed by atoms with Crippen LogP contribution in [-0.4, -0.2) is 30.7 Å². The molecule has 3 N–H and O–H groups in total. The van der Waals surface area contributed by atoms with Crippen molar-refractivity contribution in [3.05, 3.63) is 0 Å². The van der Waals surface area contributed by atoms with Gasteiger partial charge in [-0.05, 0) is 32.6 Å². The van der Waals surface area contributed by atoms with Crippen molar-refractivity contribution in [3.63, 3.8) is 0 Å². The zero-order valence-electron chi connectivity index (χ0n) is 9.45. The molecule has 1 aliphatic carbocycles. The number of rotatable bonds is 3. The molecular formula is C11H20N2O2. The van der Waals surface area contributed by atoms with Gasteiger partial charge in [-0.25, -0.2) is 0 Å². The van der Waals surface area contributed by atoms with Gasteiger partial charge in [0.25, 0.3) is 0 Å². The van der Waals surface area contributed by atoms with Crippen molar-refractivity contribution >= 4 is 5.91 Å². The zero-order valence-corrected chi connectivity index (χ0v) is 9.45. The van der Waals surface area contributed by atoms with Gasteiger partial charge in [-0.2, -0.15) is 0 Å². The van der Waals surface area contributed by atoms with Crippen molar-refractivity contribution in [1.29, 1.82) is 0 Å². The molecule has 2 fully saturated rings. The van der Waals surface area contributed by atoms with Gasteiger partial charge in [0.1, 0.15) is 0 Å². The summed E-state index contributed by atoms with van der Waals surface area (Å²) in [5.41, 5.74) is 5.72. The SMILES string of the molecule is CC(C)(NC(=O)C1COCC1N)C1CC1. The Morgan fingerprint density at radius 2 is 2.07 bits per heavy atom. The van der Waals surface area contributed by atoms with Crippen LogP contribution in [0.5, 0.6) is 0 Å². The van der Waals surface area contributed by atoms with Crippen LogP contribution < -0.4 is 11.1 Å². The second kappa shape index (κ2) is 3.76. The number of carbonyl (C=O) groups is 1. The van der Waals surface area contributed by atoms with E-state index < -0.39 is 0 Å². The predicted molar refractivity (Wildman–Crippen MR) is 57.2 cm³/mol. The number of ether oxygens (including phenoxy) is 1. The standard InChI is InChI=1S/C11H20N2O2/c1-11(2,7-3-4-7)13-10(14)8-5-15-6-9(8)12/h7-9H,3-6,12H2,1-2H3,(H,13,14). The largest absolute Gasteiger partial charge is 0.379 e. The number of nitrogens with two attached hydrogens (primary N) is 1. The molecule has 1 amide bonds. The molecule has 2 aliphatic rings. The number of amides is 1. The lowest BCUT2D eigenvalue weighted by atomic mass is 9.96. The van der Waals surface area contributed by atoms with Crippen LogP contribution in [0.25, 0.3) is 0 Å². The normalized spacial score (nSPS) is 31.7. The maximum atomic E-state index is 11.9. The third kappa shape index (κ3) is 2.32. The summed E-state index contributed by atoms with van der Waals surface area (Å²) in [4.78, 5) is 11.9. The summed E-state index contributed by atoms with van der Waals surface area (Å²) in [6, 6.07) is -0.139. The van der Waals surface area contributed by atoms with E-state index in [0.29, 0.717) is 19.1 Å². The maximum Gasteiger partial charge on any atom is 0.227 e. The second-order valence-electron chi connectivity index (χ2n) is 5.29. The van der Waals surface area contributed by atoms with Crippen LogP contribution in [0.3, 0.4) is 0 Å². The van der Waals surface area contributed by atoms with E-state index in [9.17, 15) is 4.79 Å². The summed E-state index contributed by atoms with van der Waals surface area (Å²) in [7, 11) is 0. The molecule has 86 valence electrons. The van der Waals surface area contributed by atoms with Gasteiger partial charge < -0.3 is 15.8 Å². The van der Waals surface area contributed by atoms with Crippen LogP contribution in [0.4, 0.5) is 0 Å². The Hall–Kier alpha value is -0.610. The first-order valence-corrected chi connectivity index (χ1v) is 5.66. The third-order valence-corrected chi connectivity index (χ3v) is 3.50. The Bertz CT molecular complexity index is 261. The first kappa shape index (κ1) is 10.9. The van der Waals surface area contributed by atoms with Crippen molar-refractivity contribution < 1.29 is 9.53 Å². The number of hydrogen-bond donors (Lipinski definition) is 2. The Kier molecular flexibility index (Phi) is 2.73. The minimum atomic E-state index is -0.164. The molecule has 1 heterocycles. The lowest BCUT2D eigenvalue weighted by molar-refractivity contribution is -0.127. The predicted octanol–water partition coefficient (Wildman–Crippen LogP) is 0.265. The summed E-state index contributed by atoms with van der Waals surface area (Å²) in [5, 5.41) is 3.09. The Labute approximate surface area is 90.5 Å². The van der Waals surface area contributed by atoms with Crippen LogP contribution in [0, 0.1) is 11.8 Å². The van der Waals surface area contributed by atoms with Crippen LogP contribution in [0.2, 0.25) is 0 Å². The fraction of sp³-hybridized carbons (Fsp3) is 0.909. The van der Waals surface area contributed by atoms with Gasteiger partial charge in [-0.15, -0.1) is 0 Å². The molecule has 1 saturated carbocycles. The quantitative estimate of drug-likeness (QED) is 0.705. The molecule has 0 spiro atoms. The van der Waals surface area contributed by atoms with Gasteiger partial charge >= 0.3 is 0 Å². The molecule has 0 bridgehead atoms. The molecule has 2 atom stereocenters. The second-order valence-corrected chi connectivity index (χ2v) is 5.29. The van der Waals surface area contributed by atoms with Gasteiger partial charge in [0.2, 0.25) is 5.91 Å². The minimum Gasteiger partial charge on any atom is -0.379 e. The minimum absolute atomic E-state index is 0.0527. The van der Waals surface area contributed by atoms with Crippen molar-refractivity contribution in [2.24, 2.45) is 17.6 Å². The molecule has 2 rings (SSSR count). The van der Waals surface area contributed by atoms with E-state index in [-0.39, 0.29) is 23.4 Å². The smallest absolute Gasteiger partial charge is 0.227 e. The molecule has 0 radical (unpaired) electrons. The van der Waals surface area contributed by atoms with E-state index in [0.717, 1.165) is 0 Å². The molecule has 1 aliphatic heterocycles. The van der Waals surface area contributed by atoms with E-state index in [1.54, 1.807) is 0 Å². The van der Waals surface area contributed by atoms with Crippen LogP contribution in [0.1, 0.15) is 26.7 Å². The third-order valence-electron chi connectivity index (χ3n) is 3.50. The summed E-state index contributed by atoms with van der Waals surface area (Å²) in [6.07, 6.45) is 2.45. The summed E-state index contributed by atoms with van der Waals surface area (Å²) in [6.45, 7) is 5.14. The van der Waals surface area contributed by atoms with Crippen molar-refractivity contribution in [2.75, 3.05) is 13.2 Å². The molecule has 4 heteroatoms. The van der Waals surface area contributed by atoms with Gasteiger partial charge in [-0.1, -0.05) is 0 Å². The maximum absolute atomic E-state index is 11.9. The molecule has 0 aromatic rings.